The van der Waals surface area contributed by atoms with Crippen LogP contribution in [0.1, 0.15) is 42.5 Å². The highest BCUT2D eigenvalue weighted by Gasteiger charge is 2.26. The Morgan fingerprint density at radius 2 is 2.04 bits per heavy atom. The Morgan fingerprint density at radius 1 is 1.28 bits per heavy atom. The summed E-state index contributed by atoms with van der Waals surface area (Å²) in [6.07, 6.45) is 3.00. The molecular formula is C20H23FN2O2. The predicted octanol–water partition coefficient (Wildman–Crippen LogP) is 3.84. The largest absolute Gasteiger partial charge is 0.508 e. The second-order valence-corrected chi connectivity index (χ2v) is 6.62. The van der Waals surface area contributed by atoms with Gasteiger partial charge in [0, 0.05) is 6.04 Å². The van der Waals surface area contributed by atoms with Gasteiger partial charge >= 0.3 is 6.03 Å². The van der Waals surface area contributed by atoms with Gasteiger partial charge in [0.15, 0.2) is 0 Å². The van der Waals surface area contributed by atoms with Crippen molar-refractivity contribution in [2.75, 3.05) is 0 Å². The molecular weight excluding hydrogens is 319 g/mol. The number of phenolic OH excluding ortho intramolecular Hbond substituents is 1. The third kappa shape index (κ3) is 4.29. The molecule has 2 amide bonds. The van der Waals surface area contributed by atoms with Crippen molar-refractivity contribution in [1.29, 1.82) is 0 Å². The minimum Gasteiger partial charge on any atom is -0.508 e. The van der Waals surface area contributed by atoms with Crippen LogP contribution in [0.3, 0.4) is 0 Å². The van der Waals surface area contributed by atoms with E-state index in [9.17, 15) is 14.3 Å². The van der Waals surface area contributed by atoms with Gasteiger partial charge in [0.1, 0.15) is 11.6 Å². The van der Waals surface area contributed by atoms with E-state index < -0.39 is 0 Å². The third-order valence-electron chi connectivity index (χ3n) is 4.70. The molecule has 3 rings (SSSR count). The number of aromatic hydroxyl groups is 1. The van der Waals surface area contributed by atoms with Gasteiger partial charge in [-0.05, 0) is 67.5 Å². The first-order valence-electron chi connectivity index (χ1n) is 8.65. The summed E-state index contributed by atoms with van der Waals surface area (Å²) in [7, 11) is 0. The van der Waals surface area contributed by atoms with Crippen LogP contribution in [0.15, 0.2) is 42.5 Å². The molecule has 0 saturated heterocycles. The molecule has 2 aromatic carbocycles. The molecule has 4 nitrogen and oxygen atoms in total. The van der Waals surface area contributed by atoms with E-state index in [0.717, 1.165) is 30.4 Å². The quantitative estimate of drug-likeness (QED) is 0.773. The molecule has 0 aliphatic heterocycles. The molecule has 0 radical (unpaired) electrons. The molecule has 0 bridgehead atoms. The molecule has 2 atom stereocenters. The van der Waals surface area contributed by atoms with E-state index in [-0.39, 0.29) is 29.7 Å². The third-order valence-corrected chi connectivity index (χ3v) is 4.70. The first kappa shape index (κ1) is 17.3. The highest BCUT2D eigenvalue weighted by Crippen LogP contribution is 2.32. The van der Waals surface area contributed by atoms with Gasteiger partial charge in [0.2, 0.25) is 0 Å². The minimum absolute atomic E-state index is 0.0159. The lowest BCUT2D eigenvalue weighted by Crippen LogP contribution is -2.42. The van der Waals surface area contributed by atoms with Gasteiger partial charge in [-0.3, -0.25) is 0 Å². The SMILES string of the molecule is CC(CCc1ccc(O)cc1)NC(=O)NC1CCc2c(F)cccc21. The van der Waals surface area contributed by atoms with Crippen LogP contribution in [0.4, 0.5) is 9.18 Å². The maximum Gasteiger partial charge on any atom is 0.315 e. The number of hydrogen-bond donors (Lipinski definition) is 3. The average molecular weight is 342 g/mol. The molecule has 25 heavy (non-hydrogen) atoms. The Labute approximate surface area is 147 Å². The average Bonchev–Trinajstić information content (AvgIpc) is 2.98. The number of urea groups is 1. The number of carbonyl (C=O) groups is 1. The fourth-order valence-corrected chi connectivity index (χ4v) is 3.30. The lowest BCUT2D eigenvalue weighted by atomic mass is 10.1. The van der Waals surface area contributed by atoms with Crippen molar-refractivity contribution in [2.24, 2.45) is 0 Å². The van der Waals surface area contributed by atoms with Crippen LogP contribution >= 0.6 is 0 Å². The molecule has 0 heterocycles. The topological polar surface area (TPSA) is 61.4 Å². The van der Waals surface area contributed by atoms with E-state index in [0.29, 0.717) is 12.0 Å². The molecule has 3 N–H and O–H groups in total. The van der Waals surface area contributed by atoms with Gasteiger partial charge in [0.05, 0.1) is 6.04 Å². The van der Waals surface area contributed by atoms with E-state index in [1.54, 1.807) is 18.2 Å². The zero-order valence-corrected chi connectivity index (χ0v) is 14.3. The maximum atomic E-state index is 13.8. The Kier molecular flexibility index (Phi) is 5.22. The number of fused-ring (bicyclic) bond motifs is 1. The van der Waals surface area contributed by atoms with Crippen molar-refractivity contribution < 1.29 is 14.3 Å². The first-order valence-corrected chi connectivity index (χ1v) is 8.65. The molecule has 0 fully saturated rings. The van der Waals surface area contributed by atoms with Crippen LogP contribution in [0.25, 0.3) is 0 Å². The molecule has 132 valence electrons. The molecule has 5 heteroatoms. The monoisotopic (exact) mass is 342 g/mol. The van der Waals surface area contributed by atoms with Crippen molar-refractivity contribution >= 4 is 6.03 Å². The second kappa shape index (κ2) is 7.55. The Bertz CT molecular complexity index is 746. The highest BCUT2D eigenvalue weighted by atomic mass is 19.1. The number of hydrogen-bond acceptors (Lipinski definition) is 2. The van der Waals surface area contributed by atoms with Gasteiger partial charge in [-0.2, -0.15) is 0 Å². The lowest BCUT2D eigenvalue weighted by molar-refractivity contribution is 0.233. The number of aryl methyl sites for hydroxylation is 1. The zero-order chi connectivity index (χ0) is 17.8. The van der Waals surface area contributed by atoms with Gasteiger partial charge in [-0.25, -0.2) is 9.18 Å². The molecule has 2 aromatic rings. The van der Waals surface area contributed by atoms with Crippen molar-refractivity contribution in [3.05, 3.63) is 65.0 Å². The molecule has 0 saturated carbocycles. The summed E-state index contributed by atoms with van der Waals surface area (Å²) < 4.78 is 13.8. The molecule has 0 spiro atoms. The van der Waals surface area contributed by atoms with Crippen LogP contribution in [-0.2, 0) is 12.8 Å². The Hall–Kier alpha value is -2.56. The van der Waals surface area contributed by atoms with Crippen molar-refractivity contribution in [3.63, 3.8) is 0 Å². The van der Waals surface area contributed by atoms with Crippen LogP contribution < -0.4 is 10.6 Å². The molecule has 1 aliphatic rings. The number of phenols is 1. The fourth-order valence-electron chi connectivity index (χ4n) is 3.30. The van der Waals surface area contributed by atoms with E-state index in [2.05, 4.69) is 10.6 Å². The van der Waals surface area contributed by atoms with E-state index in [1.807, 2.05) is 25.1 Å². The standard InChI is InChI=1S/C20H23FN2O2/c1-13(5-6-14-7-9-15(24)10-8-14)22-20(25)23-19-12-11-16-17(19)3-2-4-18(16)21/h2-4,7-10,13,19,24H,5-6,11-12H2,1H3,(H2,22,23,25). The number of carbonyl (C=O) groups excluding carboxylic acids is 1. The summed E-state index contributed by atoms with van der Waals surface area (Å²) in [5.41, 5.74) is 2.71. The van der Waals surface area contributed by atoms with Crippen molar-refractivity contribution in [3.8, 4) is 5.75 Å². The van der Waals surface area contributed by atoms with E-state index in [1.165, 1.54) is 6.07 Å². The van der Waals surface area contributed by atoms with Crippen LogP contribution in [0.2, 0.25) is 0 Å². The summed E-state index contributed by atoms with van der Waals surface area (Å²) in [5, 5.41) is 15.2. The van der Waals surface area contributed by atoms with E-state index in [4.69, 9.17) is 0 Å². The number of rotatable bonds is 5. The molecule has 1 aliphatic carbocycles. The Morgan fingerprint density at radius 3 is 2.80 bits per heavy atom. The van der Waals surface area contributed by atoms with Crippen LogP contribution in [0, 0.1) is 5.82 Å². The first-order chi connectivity index (χ1) is 12.0. The summed E-state index contributed by atoms with van der Waals surface area (Å²) in [4.78, 5) is 12.2. The summed E-state index contributed by atoms with van der Waals surface area (Å²) in [5.74, 6) is 0.0621. The number of benzene rings is 2. The van der Waals surface area contributed by atoms with Gasteiger partial charge in [-0.1, -0.05) is 24.3 Å². The summed E-state index contributed by atoms with van der Waals surface area (Å²) >= 11 is 0. The minimum atomic E-state index is -0.222. The van der Waals surface area contributed by atoms with Crippen molar-refractivity contribution in [1.82, 2.24) is 10.6 Å². The number of amides is 2. The number of nitrogens with one attached hydrogen (secondary N) is 2. The normalized spacial score (nSPS) is 17.0. The smallest absolute Gasteiger partial charge is 0.315 e. The van der Waals surface area contributed by atoms with Crippen molar-refractivity contribution in [2.45, 2.75) is 44.7 Å². The maximum absolute atomic E-state index is 13.8. The van der Waals surface area contributed by atoms with Gasteiger partial charge in [0.25, 0.3) is 0 Å². The fraction of sp³-hybridized carbons (Fsp3) is 0.350. The van der Waals surface area contributed by atoms with Gasteiger partial charge in [-0.15, -0.1) is 0 Å². The van der Waals surface area contributed by atoms with Gasteiger partial charge < -0.3 is 15.7 Å². The lowest BCUT2D eigenvalue weighted by Gasteiger charge is -2.18. The molecule has 0 aromatic heterocycles. The van der Waals surface area contributed by atoms with Crippen LogP contribution in [0.5, 0.6) is 5.75 Å². The summed E-state index contributed by atoms with van der Waals surface area (Å²) in [6, 6.07) is 11.8. The van der Waals surface area contributed by atoms with E-state index >= 15 is 0 Å². The predicted molar refractivity (Wildman–Crippen MR) is 95.0 cm³/mol. The summed E-state index contributed by atoms with van der Waals surface area (Å²) in [6.45, 7) is 1.96. The number of halogens is 1. The Balaban J connectivity index is 1.48. The second-order valence-electron chi connectivity index (χ2n) is 6.62. The zero-order valence-electron chi connectivity index (χ0n) is 14.3. The highest BCUT2D eigenvalue weighted by molar-refractivity contribution is 5.75. The molecule has 2 unspecified atom stereocenters. The van der Waals surface area contributed by atoms with Crippen LogP contribution in [-0.4, -0.2) is 17.2 Å².